The number of hydrogen-bond acceptors (Lipinski definition) is 4. The van der Waals surface area contributed by atoms with Crippen LogP contribution in [0.25, 0.3) is 0 Å². The zero-order valence-electron chi connectivity index (χ0n) is 16.2. The summed E-state index contributed by atoms with van der Waals surface area (Å²) in [5.41, 5.74) is 2.25. The summed E-state index contributed by atoms with van der Waals surface area (Å²) in [6, 6.07) is 16.3. The van der Waals surface area contributed by atoms with Crippen LogP contribution < -0.4 is 14.8 Å². The van der Waals surface area contributed by atoms with Crippen LogP contribution in [0.15, 0.2) is 48.5 Å². The number of para-hydroxylation sites is 2. The van der Waals surface area contributed by atoms with E-state index in [9.17, 15) is 4.79 Å². The molecule has 1 spiro atoms. The number of ether oxygens (including phenoxy) is 2. The van der Waals surface area contributed by atoms with Gasteiger partial charge in [-0.1, -0.05) is 36.4 Å². The summed E-state index contributed by atoms with van der Waals surface area (Å²) in [6.07, 6.45) is 1.85. The van der Waals surface area contributed by atoms with Crippen molar-refractivity contribution in [1.29, 1.82) is 0 Å². The van der Waals surface area contributed by atoms with Crippen molar-refractivity contribution in [2.45, 2.75) is 24.3 Å². The van der Waals surface area contributed by atoms with Crippen LogP contribution in [0.4, 0.5) is 0 Å². The number of piperazine rings is 1. The highest BCUT2D eigenvalue weighted by molar-refractivity contribution is 5.85. The van der Waals surface area contributed by atoms with Crippen molar-refractivity contribution in [3.05, 3.63) is 59.7 Å². The molecule has 1 amide bonds. The van der Waals surface area contributed by atoms with Crippen LogP contribution in [0.3, 0.4) is 0 Å². The monoisotopic (exact) mass is 378 g/mol. The van der Waals surface area contributed by atoms with Gasteiger partial charge in [0.25, 0.3) is 0 Å². The third-order valence-electron chi connectivity index (χ3n) is 6.63. The maximum Gasteiger partial charge on any atom is 0.227 e. The number of carbonyl (C=O) groups excluding carboxylic acids is 1. The second-order valence-corrected chi connectivity index (χ2v) is 8.00. The topological polar surface area (TPSA) is 50.8 Å². The minimum atomic E-state index is -0.0396. The Morgan fingerprint density at radius 2 is 2.04 bits per heavy atom. The lowest BCUT2D eigenvalue weighted by Crippen LogP contribution is -2.50. The van der Waals surface area contributed by atoms with Gasteiger partial charge in [0, 0.05) is 42.1 Å². The number of hydrogen-bond donors (Lipinski definition) is 1. The summed E-state index contributed by atoms with van der Waals surface area (Å²) in [7, 11) is 1.69. The van der Waals surface area contributed by atoms with Crippen LogP contribution in [-0.2, 0) is 10.2 Å². The van der Waals surface area contributed by atoms with Gasteiger partial charge in [-0.2, -0.15) is 0 Å². The highest BCUT2D eigenvalue weighted by atomic mass is 16.5. The normalized spacial score (nSPS) is 28.4. The SMILES string of the molecule is COc1ccccc1C1CNCCN1C(=O)C1CC12CCOc1ccccc12. The summed E-state index contributed by atoms with van der Waals surface area (Å²) >= 11 is 0. The predicted molar refractivity (Wildman–Crippen MR) is 107 cm³/mol. The van der Waals surface area contributed by atoms with Gasteiger partial charge >= 0.3 is 0 Å². The summed E-state index contributed by atoms with van der Waals surface area (Å²) < 4.78 is 11.4. The van der Waals surface area contributed by atoms with Crippen molar-refractivity contribution in [1.82, 2.24) is 10.2 Å². The van der Waals surface area contributed by atoms with Crippen LogP contribution in [0, 0.1) is 5.92 Å². The van der Waals surface area contributed by atoms with Gasteiger partial charge in [-0.3, -0.25) is 4.79 Å². The molecule has 3 atom stereocenters. The Bertz CT molecular complexity index is 899. The minimum absolute atomic E-state index is 0.00475. The molecule has 5 nitrogen and oxygen atoms in total. The van der Waals surface area contributed by atoms with Crippen LogP contribution >= 0.6 is 0 Å². The van der Waals surface area contributed by atoms with Gasteiger partial charge in [-0.15, -0.1) is 0 Å². The first-order chi connectivity index (χ1) is 13.7. The van der Waals surface area contributed by atoms with E-state index in [0.29, 0.717) is 6.61 Å². The lowest BCUT2D eigenvalue weighted by Gasteiger charge is -2.38. The van der Waals surface area contributed by atoms with E-state index in [2.05, 4.69) is 28.4 Å². The Morgan fingerprint density at radius 3 is 2.93 bits per heavy atom. The van der Waals surface area contributed by atoms with Crippen molar-refractivity contribution >= 4 is 5.91 Å². The number of methoxy groups -OCH3 is 1. The molecule has 0 aromatic heterocycles. The first-order valence-electron chi connectivity index (χ1n) is 10.1. The summed E-state index contributed by atoms with van der Waals surface area (Å²) in [6.45, 7) is 3.01. The quantitative estimate of drug-likeness (QED) is 0.892. The standard InChI is InChI=1S/C23H26N2O3/c1-27-20-8-4-2-6-16(20)19-15-24-11-12-25(19)22(26)18-14-23(18)10-13-28-21-9-5-3-7-17(21)23/h2-9,18-19,24H,10-15H2,1H3. The Balaban J connectivity index is 1.44. The number of nitrogens with one attached hydrogen (secondary N) is 1. The van der Waals surface area contributed by atoms with Crippen molar-refractivity contribution in [2.24, 2.45) is 5.92 Å². The van der Waals surface area contributed by atoms with Gasteiger partial charge < -0.3 is 19.7 Å². The molecule has 5 rings (SSSR count). The molecule has 1 N–H and O–H groups in total. The predicted octanol–water partition coefficient (Wildman–Crippen LogP) is 2.91. The molecule has 146 valence electrons. The maximum atomic E-state index is 13.6. The lowest BCUT2D eigenvalue weighted by atomic mass is 9.87. The smallest absolute Gasteiger partial charge is 0.227 e. The number of rotatable bonds is 3. The Labute approximate surface area is 165 Å². The first kappa shape index (κ1) is 17.6. The molecule has 0 radical (unpaired) electrons. The number of fused-ring (bicyclic) bond motifs is 2. The molecule has 3 unspecified atom stereocenters. The molecule has 5 heteroatoms. The third kappa shape index (κ3) is 2.68. The minimum Gasteiger partial charge on any atom is -0.496 e. The molecular formula is C23H26N2O3. The van der Waals surface area contributed by atoms with Crippen molar-refractivity contribution in [3.63, 3.8) is 0 Å². The van der Waals surface area contributed by atoms with Crippen LogP contribution in [0.1, 0.15) is 30.0 Å². The average molecular weight is 378 g/mol. The molecule has 2 heterocycles. The van der Waals surface area contributed by atoms with Crippen LogP contribution in [0.2, 0.25) is 0 Å². The molecule has 3 aliphatic rings. The number of benzene rings is 2. The van der Waals surface area contributed by atoms with Gasteiger partial charge in [0.15, 0.2) is 0 Å². The fourth-order valence-corrected chi connectivity index (χ4v) is 5.07. The summed E-state index contributed by atoms with van der Waals surface area (Å²) in [4.78, 5) is 15.7. The molecular weight excluding hydrogens is 352 g/mol. The first-order valence-corrected chi connectivity index (χ1v) is 10.1. The number of carbonyl (C=O) groups is 1. The summed E-state index contributed by atoms with van der Waals surface area (Å²) in [5, 5.41) is 3.45. The molecule has 28 heavy (non-hydrogen) atoms. The van der Waals surface area contributed by atoms with Crippen LogP contribution in [0.5, 0.6) is 11.5 Å². The van der Waals surface area contributed by atoms with E-state index < -0.39 is 0 Å². The van der Waals surface area contributed by atoms with Gasteiger partial charge in [-0.05, 0) is 25.0 Å². The molecule has 1 saturated carbocycles. The molecule has 1 aliphatic carbocycles. The second-order valence-electron chi connectivity index (χ2n) is 8.00. The van der Waals surface area contributed by atoms with Crippen molar-refractivity contribution in [3.8, 4) is 11.5 Å². The third-order valence-corrected chi connectivity index (χ3v) is 6.63. The van der Waals surface area contributed by atoms with E-state index >= 15 is 0 Å². The fourth-order valence-electron chi connectivity index (χ4n) is 5.07. The van der Waals surface area contributed by atoms with E-state index in [0.717, 1.165) is 49.5 Å². The lowest BCUT2D eigenvalue weighted by molar-refractivity contribution is -0.136. The van der Waals surface area contributed by atoms with Crippen molar-refractivity contribution < 1.29 is 14.3 Å². The van der Waals surface area contributed by atoms with Gasteiger partial charge in [0.1, 0.15) is 11.5 Å². The molecule has 2 aromatic carbocycles. The second kappa shape index (κ2) is 6.82. The maximum absolute atomic E-state index is 13.6. The van der Waals surface area contributed by atoms with Gasteiger partial charge in [-0.25, -0.2) is 0 Å². The van der Waals surface area contributed by atoms with Crippen LogP contribution in [-0.4, -0.2) is 44.2 Å². The highest BCUT2D eigenvalue weighted by Gasteiger charge is 2.62. The molecule has 0 bridgehead atoms. The van der Waals surface area contributed by atoms with E-state index in [1.165, 1.54) is 5.56 Å². The zero-order valence-corrected chi connectivity index (χ0v) is 16.2. The molecule has 2 aliphatic heterocycles. The molecule has 2 aromatic rings. The fraction of sp³-hybridized carbons (Fsp3) is 0.435. The molecule has 1 saturated heterocycles. The van der Waals surface area contributed by atoms with Gasteiger partial charge in [0.05, 0.1) is 19.8 Å². The Morgan fingerprint density at radius 1 is 1.21 bits per heavy atom. The largest absolute Gasteiger partial charge is 0.496 e. The Hall–Kier alpha value is -2.53. The van der Waals surface area contributed by atoms with E-state index in [4.69, 9.17) is 9.47 Å². The zero-order chi connectivity index (χ0) is 19.1. The van der Waals surface area contributed by atoms with Gasteiger partial charge in [0.2, 0.25) is 5.91 Å². The van der Waals surface area contributed by atoms with E-state index in [1.807, 2.05) is 30.3 Å². The summed E-state index contributed by atoms with van der Waals surface area (Å²) in [5.74, 6) is 2.11. The molecule has 2 fully saturated rings. The number of nitrogens with zero attached hydrogens (tertiary/aromatic N) is 1. The van der Waals surface area contributed by atoms with E-state index in [1.54, 1.807) is 7.11 Å². The van der Waals surface area contributed by atoms with Crippen molar-refractivity contribution in [2.75, 3.05) is 33.4 Å². The highest BCUT2D eigenvalue weighted by Crippen LogP contribution is 2.61. The van der Waals surface area contributed by atoms with E-state index in [-0.39, 0.29) is 23.3 Å². The Kier molecular flexibility index (Phi) is 4.27. The average Bonchev–Trinajstić information content (AvgIpc) is 3.48. The number of amides is 1.